The zero-order valence-electron chi connectivity index (χ0n) is 43.1. The number of hydrogen-bond donors (Lipinski definition) is 0. The molecular formula is C61H110Br4. The van der Waals surface area contributed by atoms with Gasteiger partial charge in [-0.05, 0) is 85.8 Å². The zero-order valence-corrected chi connectivity index (χ0v) is 49.4. The maximum atomic E-state index is 3.85. The van der Waals surface area contributed by atoms with Crippen LogP contribution in [0, 0.1) is 0 Å². The van der Waals surface area contributed by atoms with E-state index in [2.05, 4.69) is 124 Å². The van der Waals surface area contributed by atoms with Gasteiger partial charge in [-0.3, -0.25) is 0 Å². The molecule has 2 rings (SSSR count). The fourth-order valence-electron chi connectivity index (χ4n) is 9.12. The summed E-state index contributed by atoms with van der Waals surface area (Å²) in [6.07, 6.45) is 61.6. The molecule has 0 spiro atoms. The third kappa shape index (κ3) is 45.3. The molecule has 65 heavy (non-hydrogen) atoms. The lowest BCUT2D eigenvalue weighted by Crippen LogP contribution is -1.94. The van der Waals surface area contributed by atoms with Crippen molar-refractivity contribution in [2.45, 2.75) is 318 Å². The van der Waals surface area contributed by atoms with Gasteiger partial charge in [-0.25, -0.2) is 0 Å². The largest absolute Gasteiger partial charge is 0.0776 e. The Labute approximate surface area is 441 Å². The highest BCUT2D eigenvalue weighted by Gasteiger charge is 2.08. The first-order valence-corrected chi connectivity index (χ1v) is 33.5. The summed E-state index contributed by atoms with van der Waals surface area (Å²) < 4.78 is 2.64. The summed E-state index contributed by atoms with van der Waals surface area (Å²) in [6.45, 7) is 9.19. The average Bonchev–Trinajstić information content (AvgIpc) is 3.31. The van der Waals surface area contributed by atoms with Gasteiger partial charge in [0.1, 0.15) is 0 Å². The van der Waals surface area contributed by atoms with Crippen LogP contribution in [0.3, 0.4) is 0 Å². The smallest absolute Gasteiger partial charge is 0.0210 e. The minimum atomic E-state index is 0. The standard InChI is InChI=1S/C30H52Br2.C30H54.CH4.Br2/c1-3-5-7-9-11-13-15-17-19-21-23-27-25-30(32)28(26-29(27)31)24-22-20-18-16-14-12-10-8-6-4-2;1-3-5-7-9-11-13-15-17-19-21-23-29-25-27-30(28-26-29)24-22-20-18-16-14-12-10-8-6-4-2;;1-2/h25-26H,3-24H2,1-2H3;25-28H,3-24H2,1-2H3;1H4;. The van der Waals surface area contributed by atoms with E-state index in [1.807, 2.05) is 0 Å². The van der Waals surface area contributed by atoms with Gasteiger partial charge in [-0.15, -0.1) is 0 Å². The minimum absolute atomic E-state index is 0. The van der Waals surface area contributed by atoms with E-state index in [-0.39, 0.29) is 7.43 Å². The Kier molecular flexibility index (Phi) is 57.4. The van der Waals surface area contributed by atoms with Crippen LogP contribution < -0.4 is 0 Å². The quantitative estimate of drug-likeness (QED) is 0.0580. The summed E-state index contributed by atoms with van der Waals surface area (Å²) in [5, 5.41) is 0. The first-order chi connectivity index (χ1) is 31.5. The van der Waals surface area contributed by atoms with Gasteiger partial charge >= 0.3 is 0 Å². The molecule has 0 aliphatic rings. The number of hydrogen-bond acceptors (Lipinski definition) is 0. The first-order valence-electron chi connectivity index (χ1n) is 28.2. The van der Waals surface area contributed by atoms with Crippen molar-refractivity contribution in [1.29, 1.82) is 0 Å². The van der Waals surface area contributed by atoms with Crippen LogP contribution in [0.2, 0.25) is 0 Å². The highest BCUT2D eigenvalue weighted by molar-refractivity contribution is 9.93. The summed E-state index contributed by atoms with van der Waals surface area (Å²) >= 11 is 13.2. The topological polar surface area (TPSA) is 0 Å². The lowest BCUT2D eigenvalue weighted by atomic mass is 10.0. The Hall–Kier alpha value is 0.360. The number of aryl methyl sites for hydroxylation is 4. The molecule has 0 saturated carbocycles. The second-order valence-corrected chi connectivity index (χ2v) is 21.3. The summed E-state index contributed by atoms with van der Waals surface area (Å²) in [5.74, 6) is 0. The summed E-state index contributed by atoms with van der Waals surface area (Å²) in [6, 6.07) is 14.3. The Morgan fingerprint density at radius 2 is 0.431 bits per heavy atom. The predicted molar refractivity (Wildman–Crippen MR) is 315 cm³/mol. The van der Waals surface area contributed by atoms with Gasteiger partial charge in [-0.1, -0.05) is 322 Å². The molecule has 0 unspecified atom stereocenters. The molecule has 0 saturated heterocycles. The van der Waals surface area contributed by atoms with Crippen molar-refractivity contribution in [3.63, 3.8) is 0 Å². The van der Waals surface area contributed by atoms with Crippen LogP contribution in [0.1, 0.15) is 314 Å². The van der Waals surface area contributed by atoms with Gasteiger partial charge in [0, 0.05) is 37.2 Å². The summed E-state index contributed by atoms with van der Waals surface area (Å²) in [5.41, 5.74) is 6.04. The molecule has 0 aliphatic carbocycles. The zero-order chi connectivity index (χ0) is 46.8. The highest BCUT2D eigenvalue weighted by atomic mass is 80.9. The van der Waals surface area contributed by atoms with Crippen molar-refractivity contribution in [2.24, 2.45) is 0 Å². The molecule has 0 fully saturated rings. The molecule has 0 nitrogen and oxygen atoms in total. The van der Waals surface area contributed by atoms with E-state index in [4.69, 9.17) is 0 Å². The van der Waals surface area contributed by atoms with Gasteiger partial charge in [0.25, 0.3) is 0 Å². The molecule has 4 heteroatoms. The first kappa shape index (κ1) is 67.4. The molecule has 0 heterocycles. The van der Waals surface area contributed by atoms with E-state index in [9.17, 15) is 0 Å². The van der Waals surface area contributed by atoms with Crippen LogP contribution in [0.15, 0.2) is 45.3 Å². The van der Waals surface area contributed by atoms with Crippen LogP contribution in [-0.2, 0) is 25.7 Å². The lowest BCUT2D eigenvalue weighted by Gasteiger charge is -2.11. The molecule has 382 valence electrons. The van der Waals surface area contributed by atoms with Crippen molar-refractivity contribution in [2.75, 3.05) is 0 Å². The van der Waals surface area contributed by atoms with Gasteiger partial charge in [-0.2, -0.15) is 0 Å². The summed E-state index contributed by atoms with van der Waals surface area (Å²) in [7, 11) is 0. The third-order valence-electron chi connectivity index (χ3n) is 13.5. The third-order valence-corrected chi connectivity index (χ3v) is 15.0. The Balaban J connectivity index is 0. The second-order valence-electron chi connectivity index (χ2n) is 19.6. The van der Waals surface area contributed by atoms with E-state index in [0.717, 1.165) is 0 Å². The lowest BCUT2D eigenvalue weighted by molar-refractivity contribution is 0.555. The highest BCUT2D eigenvalue weighted by Crippen LogP contribution is 2.29. The second kappa shape index (κ2) is 55.3. The molecule has 0 N–H and O–H groups in total. The van der Waals surface area contributed by atoms with Gasteiger partial charge in [0.05, 0.1) is 0 Å². The minimum Gasteiger partial charge on any atom is -0.0776 e. The average molecular weight is 1160 g/mol. The molecule has 0 aromatic heterocycles. The van der Waals surface area contributed by atoms with Crippen LogP contribution in [0.5, 0.6) is 0 Å². The molecule has 0 bridgehead atoms. The van der Waals surface area contributed by atoms with E-state index in [1.165, 1.54) is 303 Å². The van der Waals surface area contributed by atoms with Crippen molar-refractivity contribution in [3.05, 3.63) is 67.6 Å². The Morgan fingerprint density at radius 1 is 0.262 bits per heavy atom. The van der Waals surface area contributed by atoms with Gasteiger partial charge in [0.15, 0.2) is 0 Å². The van der Waals surface area contributed by atoms with Crippen LogP contribution in [0.25, 0.3) is 0 Å². The molecular weight excluding hydrogens is 1050 g/mol. The summed E-state index contributed by atoms with van der Waals surface area (Å²) in [4.78, 5) is 0. The van der Waals surface area contributed by atoms with Crippen molar-refractivity contribution < 1.29 is 0 Å². The predicted octanol–water partition coefficient (Wildman–Crippen LogP) is 25.1. The monoisotopic (exact) mass is 1160 g/mol. The number of unbranched alkanes of at least 4 members (excludes halogenated alkanes) is 36. The van der Waals surface area contributed by atoms with Gasteiger partial charge in [0.2, 0.25) is 0 Å². The van der Waals surface area contributed by atoms with Crippen LogP contribution >= 0.6 is 60.1 Å². The molecule has 0 amide bonds. The van der Waals surface area contributed by atoms with Crippen molar-refractivity contribution >= 4 is 60.1 Å². The molecule has 0 atom stereocenters. The Morgan fingerprint density at radius 3 is 0.631 bits per heavy atom. The maximum Gasteiger partial charge on any atom is 0.0210 e. The fraction of sp³-hybridized carbons (Fsp3) is 0.803. The van der Waals surface area contributed by atoms with E-state index in [0.29, 0.717) is 0 Å². The van der Waals surface area contributed by atoms with E-state index >= 15 is 0 Å². The van der Waals surface area contributed by atoms with E-state index in [1.54, 1.807) is 11.1 Å². The molecule has 0 radical (unpaired) electrons. The number of benzene rings is 2. The van der Waals surface area contributed by atoms with Crippen molar-refractivity contribution in [1.82, 2.24) is 0 Å². The van der Waals surface area contributed by atoms with Crippen molar-refractivity contribution in [3.8, 4) is 0 Å². The SMILES string of the molecule is BrBr.C.CCCCCCCCCCCCc1cc(Br)c(CCCCCCCCCCCC)cc1Br.CCCCCCCCCCCCc1ccc(CCCCCCCCCCCC)cc1. The maximum absolute atomic E-state index is 3.85. The number of halogens is 4. The van der Waals surface area contributed by atoms with Crippen LogP contribution in [-0.4, -0.2) is 0 Å². The van der Waals surface area contributed by atoms with Crippen LogP contribution in [0.4, 0.5) is 0 Å². The molecule has 2 aromatic carbocycles. The molecule has 0 aliphatic heterocycles. The fourth-order valence-corrected chi connectivity index (χ4v) is 10.3. The Bertz CT molecular complexity index is 1100. The van der Waals surface area contributed by atoms with E-state index < -0.39 is 0 Å². The van der Waals surface area contributed by atoms with Gasteiger partial charge < -0.3 is 0 Å². The normalized spacial score (nSPS) is 10.9. The molecule has 2 aromatic rings. The number of rotatable bonds is 44.